The molecule has 0 spiro atoms. The molecule has 5 nitrogen and oxygen atoms in total. The Kier molecular flexibility index (Phi) is 4.95. The maximum Gasteiger partial charge on any atom is 0.249 e. The van der Waals surface area contributed by atoms with E-state index in [4.69, 9.17) is 14.2 Å². The van der Waals surface area contributed by atoms with Gasteiger partial charge in [-0.15, -0.1) is 0 Å². The monoisotopic (exact) mass is 305 g/mol. The van der Waals surface area contributed by atoms with Crippen molar-refractivity contribution in [2.75, 3.05) is 19.8 Å². The molecule has 5 heteroatoms. The Morgan fingerprint density at radius 1 is 1.45 bits per heavy atom. The summed E-state index contributed by atoms with van der Waals surface area (Å²) in [4.78, 5) is 12.2. The Morgan fingerprint density at radius 2 is 2.32 bits per heavy atom. The molecule has 22 heavy (non-hydrogen) atoms. The number of rotatable bonds is 5. The summed E-state index contributed by atoms with van der Waals surface area (Å²) in [6, 6.07) is 7.93. The van der Waals surface area contributed by atoms with Crippen LogP contribution in [0.1, 0.15) is 25.3 Å². The Morgan fingerprint density at radius 3 is 3.14 bits per heavy atom. The molecule has 1 saturated heterocycles. The van der Waals surface area contributed by atoms with E-state index in [2.05, 4.69) is 5.32 Å². The molecular formula is C17H23NO4. The normalized spacial score (nSPS) is 25.1. The van der Waals surface area contributed by atoms with Gasteiger partial charge in [-0.2, -0.15) is 0 Å². The molecule has 0 aromatic heterocycles. The highest BCUT2D eigenvalue weighted by Gasteiger charge is 2.24. The average Bonchev–Trinajstić information content (AvgIpc) is 3.06. The fourth-order valence-electron chi connectivity index (χ4n) is 2.84. The van der Waals surface area contributed by atoms with Crippen LogP contribution in [0.25, 0.3) is 0 Å². The number of nitrogens with one attached hydrogen (secondary N) is 1. The van der Waals surface area contributed by atoms with E-state index in [0.717, 1.165) is 37.2 Å². The van der Waals surface area contributed by atoms with Gasteiger partial charge >= 0.3 is 0 Å². The van der Waals surface area contributed by atoms with Crippen LogP contribution in [0.4, 0.5) is 0 Å². The Bertz CT molecular complexity index is 513. The van der Waals surface area contributed by atoms with Gasteiger partial charge in [0.1, 0.15) is 18.5 Å². The van der Waals surface area contributed by atoms with Gasteiger partial charge in [0.2, 0.25) is 5.91 Å². The molecular weight excluding hydrogens is 282 g/mol. The summed E-state index contributed by atoms with van der Waals surface area (Å²) in [5.41, 5.74) is 1.13. The first-order valence-corrected chi connectivity index (χ1v) is 7.96. The minimum atomic E-state index is -0.471. The van der Waals surface area contributed by atoms with Crippen LogP contribution in [-0.2, 0) is 20.7 Å². The Labute approximate surface area is 130 Å². The number of benzene rings is 1. The molecule has 3 atom stereocenters. The van der Waals surface area contributed by atoms with Crippen molar-refractivity contribution < 1.29 is 19.0 Å². The van der Waals surface area contributed by atoms with Crippen molar-refractivity contribution in [3.05, 3.63) is 29.8 Å². The number of para-hydroxylation sites is 1. The maximum atomic E-state index is 12.2. The highest BCUT2D eigenvalue weighted by molar-refractivity contribution is 5.80. The largest absolute Gasteiger partial charge is 0.491 e. The molecule has 1 aromatic rings. The van der Waals surface area contributed by atoms with Crippen molar-refractivity contribution in [2.45, 2.75) is 44.4 Å². The van der Waals surface area contributed by atoms with E-state index in [-0.39, 0.29) is 18.1 Å². The minimum Gasteiger partial charge on any atom is -0.491 e. The molecule has 2 aliphatic rings. The van der Waals surface area contributed by atoms with Crippen LogP contribution in [0.3, 0.4) is 0 Å². The van der Waals surface area contributed by atoms with Gasteiger partial charge in [-0.25, -0.2) is 0 Å². The van der Waals surface area contributed by atoms with Crippen molar-refractivity contribution in [3.8, 4) is 5.75 Å². The fourth-order valence-corrected chi connectivity index (χ4v) is 2.84. The second kappa shape index (κ2) is 7.11. The van der Waals surface area contributed by atoms with Crippen LogP contribution in [0, 0.1) is 0 Å². The maximum absolute atomic E-state index is 12.2. The van der Waals surface area contributed by atoms with Crippen molar-refractivity contribution in [3.63, 3.8) is 0 Å². The number of carbonyl (C=O) groups is 1. The molecule has 0 bridgehead atoms. The van der Waals surface area contributed by atoms with Gasteiger partial charge < -0.3 is 19.5 Å². The summed E-state index contributed by atoms with van der Waals surface area (Å²) in [6.07, 6.45) is 2.55. The molecule has 1 N–H and O–H groups in total. The summed E-state index contributed by atoms with van der Waals surface area (Å²) in [5, 5.41) is 3.01. The lowest BCUT2D eigenvalue weighted by atomic mass is 10.0. The number of carbonyl (C=O) groups excluding carboxylic acids is 1. The number of fused-ring (bicyclic) bond motifs is 1. The van der Waals surface area contributed by atoms with Gasteiger partial charge in [0.25, 0.3) is 0 Å². The first kappa shape index (κ1) is 15.3. The van der Waals surface area contributed by atoms with E-state index in [1.165, 1.54) is 0 Å². The topological polar surface area (TPSA) is 56.8 Å². The number of hydrogen-bond acceptors (Lipinski definition) is 4. The molecule has 3 rings (SSSR count). The first-order chi connectivity index (χ1) is 10.7. The van der Waals surface area contributed by atoms with Gasteiger partial charge in [0, 0.05) is 6.61 Å². The smallest absolute Gasteiger partial charge is 0.249 e. The highest BCUT2D eigenvalue weighted by atomic mass is 16.5. The summed E-state index contributed by atoms with van der Waals surface area (Å²) < 4.78 is 16.8. The van der Waals surface area contributed by atoms with Crippen LogP contribution < -0.4 is 10.1 Å². The second-order valence-corrected chi connectivity index (χ2v) is 5.94. The third kappa shape index (κ3) is 3.78. The first-order valence-electron chi connectivity index (χ1n) is 7.96. The van der Waals surface area contributed by atoms with E-state index in [1.807, 2.05) is 24.3 Å². The van der Waals surface area contributed by atoms with Crippen molar-refractivity contribution in [1.29, 1.82) is 0 Å². The van der Waals surface area contributed by atoms with Crippen molar-refractivity contribution in [1.82, 2.24) is 5.32 Å². The lowest BCUT2D eigenvalue weighted by molar-refractivity contribution is -0.134. The molecule has 1 fully saturated rings. The van der Waals surface area contributed by atoms with Gasteiger partial charge in [-0.3, -0.25) is 4.79 Å². The molecule has 3 unspecified atom stereocenters. The fraction of sp³-hybridized carbons (Fsp3) is 0.588. The van der Waals surface area contributed by atoms with Crippen LogP contribution >= 0.6 is 0 Å². The zero-order valence-corrected chi connectivity index (χ0v) is 12.9. The SMILES string of the molecule is CC(OCC1CCCO1)C(=O)NC1COc2ccccc2C1. The molecule has 1 amide bonds. The second-order valence-electron chi connectivity index (χ2n) is 5.94. The van der Waals surface area contributed by atoms with Gasteiger partial charge in [0.15, 0.2) is 0 Å². The predicted octanol–water partition coefficient (Wildman–Crippen LogP) is 1.69. The number of amides is 1. The lowest BCUT2D eigenvalue weighted by Crippen LogP contribution is -2.47. The molecule has 1 aromatic carbocycles. The van der Waals surface area contributed by atoms with Crippen LogP contribution in [-0.4, -0.2) is 44.0 Å². The summed E-state index contributed by atoms with van der Waals surface area (Å²) in [5.74, 6) is 0.821. The summed E-state index contributed by atoms with van der Waals surface area (Å²) >= 11 is 0. The molecule has 0 saturated carbocycles. The van der Waals surface area contributed by atoms with Crippen LogP contribution in [0.5, 0.6) is 5.75 Å². The molecule has 0 aliphatic carbocycles. The molecule has 2 heterocycles. The zero-order valence-electron chi connectivity index (χ0n) is 12.9. The average molecular weight is 305 g/mol. The van der Waals surface area contributed by atoms with Crippen molar-refractivity contribution in [2.24, 2.45) is 0 Å². The van der Waals surface area contributed by atoms with Gasteiger partial charge in [-0.1, -0.05) is 18.2 Å². The zero-order chi connectivity index (χ0) is 15.4. The predicted molar refractivity (Wildman–Crippen MR) is 82.0 cm³/mol. The lowest BCUT2D eigenvalue weighted by Gasteiger charge is -2.27. The van der Waals surface area contributed by atoms with E-state index in [0.29, 0.717) is 13.2 Å². The van der Waals surface area contributed by atoms with Gasteiger partial charge in [-0.05, 0) is 37.8 Å². The molecule has 120 valence electrons. The summed E-state index contributed by atoms with van der Waals surface area (Å²) in [6.45, 7) is 3.56. The van der Waals surface area contributed by atoms with E-state index >= 15 is 0 Å². The van der Waals surface area contributed by atoms with Crippen LogP contribution in [0.2, 0.25) is 0 Å². The quantitative estimate of drug-likeness (QED) is 0.899. The third-order valence-electron chi connectivity index (χ3n) is 4.15. The van der Waals surface area contributed by atoms with Crippen LogP contribution in [0.15, 0.2) is 24.3 Å². The molecule has 2 aliphatic heterocycles. The molecule has 0 radical (unpaired) electrons. The minimum absolute atomic E-state index is 0.00354. The van der Waals surface area contributed by atoms with Gasteiger partial charge in [0.05, 0.1) is 18.8 Å². The number of ether oxygens (including phenoxy) is 3. The Balaban J connectivity index is 1.45. The van der Waals surface area contributed by atoms with E-state index in [9.17, 15) is 4.79 Å². The van der Waals surface area contributed by atoms with E-state index < -0.39 is 6.10 Å². The Hall–Kier alpha value is -1.59. The van der Waals surface area contributed by atoms with Crippen molar-refractivity contribution >= 4 is 5.91 Å². The third-order valence-corrected chi connectivity index (χ3v) is 4.15. The standard InChI is InChI=1S/C17H23NO4/c1-12(21-11-15-6-4-8-20-15)17(19)18-14-9-13-5-2-3-7-16(13)22-10-14/h2-3,5,7,12,14-15H,4,6,8-11H2,1H3,(H,18,19). The number of hydrogen-bond donors (Lipinski definition) is 1. The van der Waals surface area contributed by atoms with E-state index in [1.54, 1.807) is 6.92 Å². The summed E-state index contributed by atoms with van der Waals surface area (Å²) in [7, 11) is 0. The highest BCUT2D eigenvalue weighted by Crippen LogP contribution is 2.23.